The third-order valence-electron chi connectivity index (χ3n) is 9.18. The summed E-state index contributed by atoms with van der Waals surface area (Å²) in [6.07, 6.45) is 8.40. The fourth-order valence-corrected chi connectivity index (χ4v) is 7.91. The Bertz CT molecular complexity index is 503. The zero-order chi connectivity index (χ0) is 16.7. The van der Waals surface area contributed by atoms with Crippen LogP contribution in [0.2, 0.25) is 0 Å². The molecule has 5 aliphatic rings. The number of hydrogen-bond acceptors (Lipinski definition) is 3. The Balaban J connectivity index is 1.72. The first kappa shape index (κ1) is 16.4. The molecule has 0 aromatic carbocycles. The molecule has 0 radical (unpaired) electrons. The van der Waals surface area contributed by atoms with Crippen LogP contribution in [0.25, 0.3) is 0 Å². The van der Waals surface area contributed by atoms with Crippen LogP contribution >= 0.6 is 0 Å². The van der Waals surface area contributed by atoms with Crippen molar-refractivity contribution in [1.29, 1.82) is 0 Å². The van der Waals surface area contributed by atoms with Crippen LogP contribution in [0, 0.1) is 34.0 Å². The summed E-state index contributed by atoms with van der Waals surface area (Å²) in [7, 11) is 0. The molecule has 3 nitrogen and oxygen atoms in total. The van der Waals surface area contributed by atoms with E-state index >= 15 is 0 Å². The van der Waals surface area contributed by atoms with E-state index in [-0.39, 0.29) is 34.9 Å². The molecule has 5 aliphatic carbocycles. The maximum atomic E-state index is 10.9. The van der Waals surface area contributed by atoms with Crippen molar-refractivity contribution in [3.05, 3.63) is 0 Å². The lowest BCUT2D eigenvalue weighted by Crippen LogP contribution is -2.66. The first-order chi connectivity index (χ1) is 10.7. The lowest BCUT2D eigenvalue weighted by Gasteiger charge is -2.70. The van der Waals surface area contributed by atoms with Gasteiger partial charge in [-0.3, -0.25) is 0 Å². The summed E-state index contributed by atoms with van der Waals surface area (Å²) >= 11 is 0. The van der Waals surface area contributed by atoms with E-state index in [9.17, 15) is 15.3 Å². The van der Waals surface area contributed by atoms with Gasteiger partial charge in [-0.25, -0.2) is 0 Å². The van der Waals surface area contributed by atoms with E-state index < -0.39 is 5.60 Å². The minimum atomic E-state index is -0.832. The fourth-order valence-electron chi connectivity index (χ4n) is 7.91. The van der Waals surface area contributed by atoms with Gasteiger partial charge in [0, 0.05) is 0 Å². The molecule has 0 aromatic heterocycles. The molecule has 5 saturated carbocycles. The van der Waals surface area contributed by atoms with Crippen molar-refractivity contribution >= 4 is 0 Å². The first-order valence-electron chi connectivity index (χ1n) is 9.69. The minimum Gasteiger partial charge on any atom is -0.393 e. The van der Waals surface area contributed by atoms with Gasteiger partial charge in [0.1, 0.15) is 0 Å². The van der Waals surface area contributed by atoms with Crippen molar-refractivity contribution in [1.82, 2.24) is 0 Å². The highest BCUT2D eigenvalue weighted by Crippen LogP contribution is 2.72. The summed E-state index contributed by atoms with van der Waals surface area (Å²) in [5.74, 6) is 1.51. The first-order valence-corrected chi connectivity index (χ1v) is 9.69. The minimum absolute atomic E-state index is 0.00141. The maximum Gasteiger partial charge on any atom is 0.0910 e. The highest BCUT2D eigenvalue weighted by Gasteiger charge is 2.67. The summed E-state index contributed by atoms with van der Waals surface area (Å²) in [5.41, 5.74) is -0.313. The average molecular weight is 322 g/mol. The van der Waals surface area contributed by atoms with Crippen molar-refractivity contribution in [3.63, 3.8) is 0 Å². The summed E-state index contributed by atoms with van der Waals surface area (Å²) in [5, 5.41) is 31.3. The van der Waals surface area contributed by atoms with Crippen molar-refractivity contribution in [2.24, 2.45) is 34.0 Å². The third kappa shape index (κ3) is 1.93. The topological polar surface area (TPSA) is 60.7 Å². The predicted octanol–water partition coefficient (Wildman–Crippen LogP) is 3.11. The molecule has 3 heteroatoms. The van der Waals surface area contributed by atoms with Gasteiger partial charge in [-0.05, 0) is 85.4 Å². The number of aliphatic hydroxyl groups excluding tert-OH is 2. The predicted molar refractivity (Wildman–Crippen MR) is 89.8 cm³/mol. The molecule has 3 N–H and O–H groups in total. The van der Waals surface area contributed by atoms with Crippen LogP contribution in [-0.2, 0) is 0 Å². The van der Waals surface area contributed by atoms with Gasteiger partial charge < -0.3 is 15.3 Å². The Morgan fingerprint density at radius 3 is 2.35 bits per heavy atom. The smallest absolute Gasteiger partial charge is 0.0910 e. The summed E-state index contributed by atoms with van der Waals surface area (Å²) in [6.45, 7) is 6.94. The highest BCUT2D eigenvalue weighted by atomic mass is 16.3. The van der Waals surface area contributed by atoms with Crippen LogP contribution in [0.4, 0.5) is 0 Å². The molecule has 0 amide bonds. The largest absolute Gasteiger partial charge is 0.393 e. The van der Waals surface area contributed by atoms with E-state index in [1.165, 1.54) is 19.3 Å². The van der Waals surface area contributed by atoms with E-state index in [0.717, 1.165) is 32.1 Å². The average Bonchev–Trinajstić information content (AvgIpc) is 2.51. The molecule has 0 heterocycles. The quantitative estimate of drug-likeness (QED) is 0.695. The van der Waals surface area contributed by atoms with Crippen LogP contribution < -0.4 is 0 Å². The number of fused-ring (bicyclic) bond motifs is 3. The van der Waals surface area contributed by atoms with Gasteiger partial charge in [0.15, 0.2) is 0 Å². The molecule has 1 spiro atoms. The Labute approximate surface area is 140 Å². The highest BCUT2D eigenvalue weighted by molar-refractivity contribution is 5.17. The van der Waals surface area contributed by atoms with Crippen molar-refractivity contribution in [3.8, 4) is 0 Å². The summed E-state index contributed by atoms with van der Waals surface area (Å²) < 4.78 is 0. The molecule has 0 unspecified atom stereocenters. The summed E-state index contributed by atoms with van der Waals surface area (Å²) in [6, 6.07) is 0. The van der Waals surface area contributed by atoms with E-state index in [4.69, 9.17) is 0 Å². The molecule has 0 aliphatic heterocycles. The molecular formula is C20H34O3. The van der Waals surface area contributed by atoms with E-state index in [0.29, 0.717) is 11.8 Å². The molecule has 23 heavy (non-hydrogen) atoms. The van der Waals surface area contributed by atoms with Gasteiger partial charge in [0.25, 0.3) is 0 Å². The molecule has 5 rings (SSSR count). The number of aliphatic hydroxyl groups is 3. The normalized spacial score (nSPS) is 57.7. The van der Waals surface area contributed by atoms with E-state index in [1.807, 2.05) is 0 Å². The standard InChI is InChI=1S/C20H34O3/c1-17(2)14-5-9-19-8-4-13(20(23,11-19)12-21)10-15(19)18(14,3)7-6-16(17)22/h13-16,21-23H,4-12H2,1-3H3/t13-,14-,15+,16-,18-,19+,20-/m1/s1. The lowest BCUT2D eigenvalue weighted by molar-refractivity contribution is -0.252. The molecule has 132 valence electrons. The molecular weight excluding hydrogens is 288 g/mol. The van der Waals surface area contributed by atoms with Crippen molar-refractivity contribution < 1.29 is 15.3 Å². The second kappa shape index (κ2) is 4.74. The second-order valence-corrected chi connectivity index (χ2v) is 10.3. The van der Waals surface area contributed by atoms with Crippen LogP contribution in [0.1, 0.15) is 72.1 Å². The summed E-state index contributed by atoms with van der Waals surface area (Å²) in [4.78, 5) is 0. The van der Waals surface area contributed by atoms with Crippen molar-refractivity contribution in [2.75, 3.05) is 6.61 Å². The molecule has 0 aromatic rings. The van der Waals surface area contributed by atoms with Crippen LogP contribution in [0.15, 0.2) is 0 Å². The van der Waals surface area contributed by atoms with Gasteiger partial charge in [0.2, 0.25) is 0 Å². The SMILES string of the molecule is CC1(C)[C@H](O)CC[C@]2(C)[C@@H]1CC[C@]13CC[C@H](C[C@H]12)[C@](O)(CO)C3. The molecule has 2 bridgehead atoms. The second-order valence-electron chi connectivity index (χ2n) is 10.3. The Morgan fingerprint density at radius 2 is 1.65 bits per heavy atom. The van der Waals surface area contributed by atoms with Gasteiger partial charge >= 0.3 is 0 Å². The molecule has 7 atom stereocenters. The third-order valence-corrected chi connectivity index (χ3v) is 9.18. The van der Waals surface area contributed by atoms with E-state index in [2.05, 4.69) is 20.8 Å². The fraction of sp³-hybridized carbons (Fsp3) is 1.00. The van der Waals surface area contributed by atoms with Crippen molar-refractivity contribution in [2.45, 2.75) is 83.8 Å². The molecule has 5 fully saturated rings. The van der Waals surface area contributed by atoms with Crippen LogP contribution in [0.3, 0.4) is 0 Å². The van der Waals surface area contributed by atoms with Gasteiger partial charge in [-0.15, -0.1) is 0 Å². The zero-order valence-electron chi connectivity index (χ0n) is 15.0. The van der Waals surface area contributed by atoms with Crippen LogP contribution in [-0.4, -0.2) is 33.6 Å². The Kier molecular flexibility index (Phi) is 3.37. The number of rotatable bonds is 1. The monoisotopic (exact) mass is 322 g/mol. The lowest BCUT2D eigenvalue weighted by atomic mass is 9.35. The van der Waals surface area contributed by atoms with Gasteiger partial charge in [-0.2, -0.15) is 0 Å². The van der Waals surface area contributed by atoms with Crippen LogP contribution in [0.5, 0.6) is 0 Å². The maximum absolute atomic E-state index is 10.9. The number of hydrogen-bond donors (Lipinski definition) is 3. The molecule has 0 saturated heterocycles. The van der Waals surface area contributed by atoms with E-state index in [1.54, 1.807) is 0 Å². The van der Waals surface area contributed by atoms with Gasteiger partial charge in [-0.1, -0.05) is 20.8 Å². The Morgan fingerprint density at radius 1 is 0.957 bits per heavy atom. The van der Waals surface area contributed by atoms with Gasteiger partial charge in [0.05, 0.1) is 18.3 Å². The zero-order valence-corrected chi connectivity index (χ0v) is 15.0. The Hall–Kier alpha value is -0.120.